The van der Waals surface area contributed by atoms with Crippen LogP contribution >= 0.6 is 0 Å². The minimum absolute atomic E-state index is 0.160. The molecule has 0 fully saturated rings. The molecule has 0 aliphatic carbocycles. The Labute approximate surface area is 226 Å². The maximum Gasteiger partial charge on any atom is 0.416 e. The Bertz CT molecular complexity index is 1520. The van der Waals surface area contributed by atoms with Crippen LogP contribution < -0.4 is 5.49 Å². The number of fused-ring (bicyclic) bond motifs is 1. The van der Waals surface area contributed by atoms with Crippen LogP contribution in [0.4, 0.5) is 18.0 Å². The summed E-state index contributed by atoms with van der Waals surface area (Å²) in [5.74, 6) is 0.702. The summed E-state index contributed by atoms with van der Waals surface area (Å²) in [6.45, 7) is 11.5. The first-order valence-corrected chi connectivity index (χ1v) is 12.9. The lowest BCUT2D eigenvalue weighted by molar-refractivity contribution is -0.138. The molecular formula is C29H34F3N5O2. The van der Waals surface area contributed by atoms with Gasteiger partial charge in [0.1, 0.15) is 11.4 Å². The number of alkyl halides is 3. The number of ether oxygens (including phenoxy) is 1. The van der Waals surface area contributed by atoms with E-state index in [4.69, 9.17) is 9.73 Å². The molecule has 0 spiro atoms. The quantitative estimate of drug-likeness (QED) is 0.391. The van der Waals surface area contributed by atoms with Crippen LogP contribution in [0.5, 0.6) is 0 Å². The molecule has 0 saturated carbocycles. The van der Waals surface area contributed by atoms with Gasteiger partial charge in [-0.05, 0) is 76.8 Å². The van der Waals surface area contributed by atoms with E-state index in [9.17, 15) is 18.0 Å². The third-order valence-electron chi connectivity index (χ3n) is 6.88. The summed E-state index contributed by atoms with van der Waals surface area (Å²) in [4.78, 5) is 28.2. The van der Waals surface area contributed by atoms with Crippen LogP contribution in [0.3, 0.4) is 0 Å². The van der Waals surface area contributed by atoms with Crippen LogP contribution in [0.2, 0.25) is 0 Å². The number of halogens is 3. The van der Waals surface area contributed by atoms with Crippen molar-refractivity contribution in [3.05, 3.63) is 70.2 Å². The first-order valence-electron chi connectivity index (χ1n) is 12.9. The number of amides is 1. The lowest BCUT2D eigenvalue weighted by Gasteiger charge is -2.29. The van der Waals surface area contributed by atoms with Crippen molar-refractivity contribution < 1.29 is 22.7 Å². The summed E-state index contributed by atoms with van der Waals surface area (Å²) >= 11 is 0. The van der Waals surface area contributed by atoms with Gasteiger partial charge in [-0.2, -0.15) is 13.2 Å². The monoisotopic (exact) mass is 541 g/mol. The standard InChI is InChI=1S/C29H34F3N5O2/c1-17-21(9-8-10-23(17)29(30,31)32)18(2)34-26-22-15-24(33-16-25(22)36(7)19(3)35-26)20-11-13-37(14-12-20)27(38)39-28(4,5)6/h8-11,15-16,18H,12-14H2,1-7H3/b34-26-/t18-/m1/s1. The zero-order valence-corrected chi connectivity index (χ0v) is 23.3. The highest BCUT2D eigenvalue weighted by Gasteiger charge is 2.33. The Morgan fingerprint density at radius 3 is 2.51 bits per heavy atom. The minimum Gasteiger partial charge on any atom is -0.444 e. The maximum atomic E-state index is 13.5. The number of hydrogen-bond acceptors (Lipinski definition) is 5. The number of benzene rings is 1. The molecule has 1 amide bonds. The fourth-order valence-corrected chi connectivity index (χ4v) is 4.69. The molecule has 39 heavy (non-hydrogen) atoms. The number of carbonyl (C=O) groups excluding carboxylic acids is 1. The van der Waals surface area contributed by atoms with Crippen molar-refractivity contribution in [1.82, 2.24) is 19.4 Å². The van der Waals surface area contributed by atoms with Gasteiger partial charge in [0.05, 0.1) is 29.0 Å². The smallest absolute Gasteiger partial charge is 0.416 e. The number of carbonyl (C=O) groups is 1. The number of rotatable bonds is 3. The number of aryl methyl sites for hydroxylation is 2. The second-order valence-corrected chi connectivity index (χ2v) is 10.9. The number of aromatic nitrogens is 3. The van der Waals surface area contributed by atoms with Crippen LogP contribution in [0.15, 0.2) is 41.5 Å². The largest absolute Gasteiger partial charge is 0.444 e. The fourth-order valence-electron chi connectivity index (χ4n) is 4.69. The van der Waals surface area contributed by atoms with Crippen molar-refractivity contribution in [2.45, 2.75) is 65.8 Å². The number of nitrogens with zero attached hydrogens (tertiary/aromatic N) is 5. The van der Waals surface area contributed by atoms with E-state index in [-0.39, 0.29) is 11.7 Å². The van der Waals surface area contributed by atoms with E-state index >= 15 is 0 Å². The number of hydrogen-bond donors (Lipinski definition) is 0. The van der Waals surface area contributed by atoms with E-state index in [1.165, 1.54) is 13.0 Å². The lowest BCUT2D eigenvalue weighted by atomic mass is 9.97. The molecule has 0 radical (unpaired) electrons. The lowest BCUT2D eigenvalue weighted by Crippen LogP contribution is -2.39. The molecule has 0 bridgehead atoms. The van der Waals surface area contributed by atoms with E-state index in [2.05, 4.69) is 9.97 Å². The molecular weight excluding hydrogens is 507 g/mol. The Kier molecular flexibility index (Phi) is 7.60. The van der Waals surface area contributed by atoms with Crippen LogP contribution in [0.1, 0.15) is 68.4 Å². The first-order chi connectivity index (χ1) is 18.2. The normalized spacial score (nSPS) is 15.9. The maximum absolute atomic E-state index is 13.5. The Balaban J connectivity index is 1.73. The van der Waals surface area contributed by atoms with E-state index in [0.29, 0.717) is 36.4 Å². The van der Waals surface area contributed by atoms with E-state index in [1.807, 2.05) is 51.5 Å². The van der Waals surface area contributed by atoms with E-state index < -0.39 is 23.4 Å². The summed E-state index contributed by atoms with van der Waals surface area (Å²) in [5.41, 5.74) is 2.43. The van der Waals surface area contributed by atoms with Crippen molar-refractivity contribution in [2.75, 3.05) is 13.1 Å². The summed E-state index contributed by atoms with van der Waals surface area (Å²) in [5, 5.41) is 0.750. The van der Waals surface area contributed by atoms with Gasteiger partial charge in [-0.1, -0.05) is 18.2 Å². The SMILES string of the molecule is Cc1c([C@@H](C)/N=c2\nc(C)n(C)c3cnc(C4=CCN(C(=O)OC(C)(C)C)CC4)cc23)cccc1C(F)(F)F. The van der Waals surface area contributed by atoms with Crippen LogP contribution in [0, 0.1) is 13.8 Å². The van der Waals surface area contributed by atoms with Gasteiger partial charge < -0.3 is 14.2 Å². The van der Waals surface area contributed by atoms with Gasteiger partial charge in [0.15, 0.2) is 5.49 Å². The molecule has 208 valence electrons. The molecule has 0 N–H and O–H groups in total. The summed E-state index contributed by atoms with van der Waals surface area (Å²) in [6.07, 6.45) is -0.449. The second kappa shape index (κ2) is 10.5. The predicted octanol–water partition coefficient (Wildman–Crippen LogP) is 6.29. The van der Waals surface area contributed by atoms with Gasteiger partial charge in [0, 0.05) is 25.5 Å². The van der Waals surface area contributed by atoms with Crippen LogP contribution in [0.25, 0.3) is 16.5 Å². The molecule has 7 nitrogen and oxygen atoms in total. The Hall–Kier alpha value is -3.69. The zero-order chi connectivity index (χ0) is 28.7. The third kappa shape index (κ3) is 6.15. The van der Waals surface area contributed by atoms with Crippen LogP contribution in [-0.2, 0) is 18.0 Å². The van der Waals surface area contributed by atoms with Crippen molar-refractivity contribution in [3.8, 4) is 0 Å². The summed E-state index contributed by atoms with van der Waals surface area (Å²) < 4.78 is 47.9. The fraction of sp³-hybridized carbons (Fsp3) is 0.448. The van der Waals surface area contributed by atoms with Crippen molar-refractivity contribution >= 4 is 22.6 Å². The molecule has 0 unspecified atom stereocenters. The minimum atomic E-state index is -4.44. The molecule has 10 heteroatoms. The van der Waals surface area contributed by atoms with Crippen molar-refractivity contribution in [1.29, 1.82) is 0 Å². The Morgan fingerprint density at radius 1 is 1.18 bits per heavy atom. The number of pyridine rings is 1. The molecule has 1 aromatic carbocycles. The highest BCUT2D eigenvalue weighted by Crippen LogP contribution is 2.35. The molecule has 4 rings (SSSR count). The van der Waals surface area contributed by atoms with Gasteiger partial charge in [-0.3, -0.25) is 9.98 Å². The van der Waals surface area contributed by atoms with Gasteiger partial charge in [-0.15, -0.1) is 0 Å². The average Bonchev–Trinajstić information content (AvgIpc) is 2.85. The van der Waals surface area contributed by atoms with Gasteiger partial charge >= 0.3 is 12.3 Å². The zero-order valence-electron chi connectivity index (χ0n) is 23.3. The molecule has 1 aliphatic rings. The molecule has 1 atom stereocenters. The highest BCUT2D eigenvalue weighted by molar-refractivity contribution is 5.81. The summed E-state index contributed by atoms with van der Waals surface area (Å²) in [7, 11) is 1.88. The summed E-state index contributed by atoms with van der Waals surface area (Å²) in [6, 6.07) is 5.54. The highest BCUT2D eigenvalue weighted by atomic mass is 19.4. The topological polar surface area (TPSA) is 72.6 Å². The first kappa shape index (κ1) is 28.3. The second-order valence-electron chi connectivity index (χ2n) is 10.9. The predicted molar refractivity (Wildman–Crippen MR) is 144 cm³/mol. The van der Waals surface area contributed by atoms with E-state index in [1.54, 1.807) is 24.1 Å². The average molecular weight is 542 g/mol. The van der Waals surface area contributed by atoms with Gasteiger partial charge in [0.2, 0.25) is 0 Å². The molecule has 2 aromatic heterocycles. The third-order valence-corrected chi connectivity index (χ3v) is 6.88. The Morgan fingerprint density at radius 2 is 1.90 bits per heavy atom. The van der Waals surface area contributed by atoms with Crippen molar-refractivity contribution in [3.63, 3.8) is 0 Å². The molecule has 3 heterocycles. The van der Waals surface area contributed by atoms with Gasteiger partial charge in [0.25, 0.3) is 0 Å². The van der Waals surface area contributed by atoms with Crippen molar-refractivity contribution in [2.24, 2.45) is 12.0 Å². The van der Waals surface area contributed by atoms with Crippen LogP contribution in [-0.4, -0.2) is 44.2 Å². The van der Waals surface area contributed by atoms with Gasteiger partial charge in [-0.25, -0.2) is 9.78 Å². The molecule has 1 aliphatic heterocycles. The molecule has 0 saturated heterocycles. The molecule has 3 aromatic rings. The van der Waals surface area contributed by atoms with E-state index in [0.717, 1.165) is 28.2 Å².